The van der Waals surface area contributed by atoms with Crippen LogP contribution in [0.2, 0.25) is 0 Å². The van der Waals surface area contributed by atoms with Crippen LogP contribution in [0.1, 0.15) is 33.6 Å². The highest BCUT2D eigenvalue weighted by molar-refractivity contribution is 5.69. The fraction of sp³-hybridized carbons (Fsp3) is 0.938. The van der Waals surface area contributed by atoms with Crippen molar-refractivity contribution in [2.45, 2.75) is 45.3 Å². The Morgan fingerprint density at radius 2 is 1.67 bits per heavy atom. The zero-order chi connectivity index (χ0) is 15.3. The largest absolute Gasteiger partial charge is 0.444 e. The second-order valence-corrected chi connectivity index (χ2v) is 8.28. The summed E-state index contributed by atoms with van der Waals surface area (Å²) in [6.07, 6.45) is 2.44. The fourth-order valence-corrected chi connectivity index (χ4v) is 3.85. The number of carbonyl (C=O) groups excluding carboxylic acids is 1. The van der Waals surface area contributed by atoms with Gasteiger partial charge in [-0.1, -0.05) is 0 Å². The number of likely N-dealkylation sites (tertiary alicyclic amines) is 3. The number of amides is 1. The third kappa shape index (κ3) is 3.19. The Labute approximate surface area is 128 Å². The van der Waals surface area contributed by atoms with E-state index in [-0.39, 0.29) is 11.7 Å². The lowest BCUT2D eigenvalue weighted by Crippen LogP contribution is -2.74. The lowest BCUT2D eigenvalue weighted by Gasteiger charge is -2.62. The minimum absolute atomic E-state index is 0.147. The lowest BCUT2D eigenvalue weighted by atomic mass is 9.72. The Bertz CT molecular complexity index is 396. The summed E-state index contributed by atoms with van der Waals surface area (Å²) in [4.78, 5) is 18.9. The Balaban J connectivity index is 1.41. The molecule has 0 aromatic carbocycles. The van der Waals surface area contributed by atoms with E-state index in [1.165, 1.54) is 39.0 Å². The second-order valence-electron chi connectivity index (χ2n) is 8.28. The van der Waals surface area contributed by atoms with E-state index in [0.29, 0.717) is 5.41 Å². The molecule has 1 amide bonds. The van der Waals surface area contributed by atoms with Gasteiger partial charge in [0.1, 0.15) is 5.60 Å². The van der Waals surface area contributed by atoms with Gasteiger partial charge in [-0.05, 0) is 53.8 Å². The maximum absolute atomic E-state index is 12.0. The van der Waals surface area contributed by atoms with Gasteiger partial charge in [-0.3, -0.25) is 4.90 Å². The molecule has 0 aromatic rings. The highest BCUT2D eigenvalue weighted by Gasteiger charge is 2.55. The van der Waals surface area contributed by atoms with E-state index in [2.05, 4.69) is 16.8 Å². The van der Waals surface area contributed by atoms with Crippen LogP contribution in [0.5, 0.6) is 0 Å². The average Bonchev–Trinajstić information content (AvgIpc) is 2.25. The molecule has 0 bridgehead atoms. The molecule has 0 atom stereocenters. The quantitative estimate of drug-likeness (QED) is 0.737. The first-order valence-corrected chi connectivity index (χ1v) is 8.17. The molecule has 1 spiro atoms. The predicted octanol–water partition coefficient (Wildman–Crippen LogP) is 1.63. The molecule has 3 heterocycles. The molecule has 0 N–H and O–H groups in total. The van der Waals surface area contributed by atoms with Crippen LogP contribution in [-0.2, 0) is 4.74 Å². The molecular formula is C16H29N3O2. The molecule has 3 fully saturated rings. The molecule has 0 aliphatic carbocycles. The number of rotatable bonds is 1. The molecule has 3 aliphatic rings. The Morgan fingerprint density at radius 3 is 2.19 bits per heavy atom. The molecule has 0 aromatic heterocycles. The summed E-state index contributed by atoms with van der Waals surface area (Å²) in [6.45, 7) is 12.3. The monoisotopic (exact) mass is 295 g/mol. The van der Waals surface area contributed by atoms with Gasteiger partial charge < -0.3 is 14.5 Å². The minimum Gasteiger partial charge on any atom is -0.444 e. The summed E-state index contributed by atoms with van der Waals surface area (Å²) in [6, 6.07) is 0.766. The van der Waals surface area contributed by atoms with Gasteiger partial charge in [0.05, 0.1) is 0 Å². The lowest BCUT2D eigenvalue weighted by molar-refractivity contribution is -0.131. The van der Waals surface area contributed by atoms with Crippen molar-refractivity contribution in [1.29, 1.82) is 0 Å². The first kappa shape index (κ1) is 15.1. The molecule has 3 rings (SSSR count). The summed E-state index contributed by atoms with van der Waals surface area (Å²) < 4.78 is 5.43. The van der Waals surface area contributed by atoms with Crippen LogP contribution in [0.15, 0.2) is 0 Å². The van der Waals surface area contributed by atoms with E-state index in [0.717, 1.165) is 19.1 Å². The van der Waals surface area contributed by atoms with Crippen LogP contribution < -0.4 is 0 Å². The van der Waals surface area contributed by atoms with Crippen molar-refractivity contribution in [3.05, 3.63) is 0 Å². The summed E-state index contributed by atoms with van der Waals surface area (Å²) >= 11 is 0. The van der Waals surface area contributed by atoms with Gasteiger partial charge in [-0.25, -0.2) is 4.79 Å². The van der Waals surface area contributed by atoms with Crippen LogP contribution in [0.4, 0.5) is 4.79 Å². The topological polar surface area (TPSA) is 36.0 Å². The third-order valence-corrected chi connectivity index (χ3v) is 4.99. The Kier molecular flexibility index (Phi) is 3.69. The number of hydrogen-bond donors (Lipinski definition) is 0. The minimum atomic E-state index is -0.389. The Morgan fingerprint density at radius 1 is 1.10 bits per heavy atom. The van der Waals surface area contributed by atoms with Gasteiger partial charge in [0, 0.05) is 37.6 Å². The van der Waals surface area contributed by atoms with E-state index >= 15 is 0 Å². The van der Waals surface area contributed by atoms with Crippen molar-refractivity contribution >= 4 is 6.09 Å². The number of ether oxygens (including phenoxy) is 1. The van der Waals surface area contributed by atoms with E-state index in [1.54, 1.807) is 0 Å². The highest BCUT2D eigenvalue weighted by atomic mass is 16.6. The molecule has 3 aliphatic heterocycles. The number of carbonyl (C=O) groups is 1. The zero-order valence-electron chi connectivity index (χ0n) is 13.9. The van der Waals surface area contributed by atoms with Crippen LogP contribution >= 0.6 is 0 Å². The van der Waals surface area contributed by atoms with Crippen LogP contribution in [0.25, 0.3) is 0 Å². The first-order valence-electron chi connectivity index (χ1n) is 8.17. The van der Waals surface area contributed by atoms with Gasteiger partial charge in [0.25, 0.3) is 0 Å². The van der Waals surface area contributed by atoms with Gasteiger partial charge in [0.2, 0.25) is 0 Å². The van der Waals surface area contributed by atoms with Crippen molar-refractivity contribution in [3.8, 4) is 0 Å². The molecule has 0 saturated carbocycles. The van der Waals surface area contributed by atoms with Crippen molar-refractivity contribution in [2.24, 2.45) is 5.41 Å². The summed E-state index contributed by atoms with van der Waals surface area (Å²) in [7, 11) is 2.21. The SMILES string of the molecule is CN1CCC(N2CC3(CN(C(=O)OC(C)(C)C)C3)C2)CC1. The maximum atomic E-state index is 12.0. The fourth-order valence-electron chi connectivity index (χ4n) is 3.85. The average molecular weight is 295 g/mol. The molecule has 120 valence electrons. The van der Waals surface area contributed by atoms with Crippen LogP contribution in [0.3, 0.4) is 0 Å². The van der Waals surface area contributed by atoms with Gasteiger partial charge in [0.15, 0.2) is 0 Å². The van der Waals surface area contributed by atoms with Gasteiger partial charge in [-0.15, -0.1) is 0 Å². The molecular weight excluding hydrogens is 266 g/mol. The molecule has 5 heteroatoms. The maximum Gasteiger partial charge on any atom is 0.410 e. The van der Waals surface area contributed by atoms with E-state index in [9.17, 15) is 4.79 Å². The van der Waals surface area contributed by atoms with E-state index < -0.39 is 0 Å². The van der Waals surface area contributed by atoms with Crippen LogP contribution in [0, 0.1) is 5.41 Å². The van der Waals surface area contributed by atoms with Crippen molar-refractivity contribution in [3.63, 3.8) is 0 Å². The van der Waals surface area contributed by atoms with Crippen LogP contribution in [-0.4, -0.2) is 78.8 Å². The molecule has 0 unspecified atom stereocenters. The number of hydrogen-bond acceptors (Lipinski definition) is 4. The number of piperidine rings is 1. The van der Waals surface area contributed by atoms with Crippen molar-refractivity contribution < 1.29 is 9.53 Å². The van der Waals surface area contributed by atoms with Crippen molar-refractivity contribution in [1.82, 2.24) is 14.7 Å². The van der Waals surface area contributed by atoms with E-state index in [1.807, 2.05) is 25.7 Å². The predicted molar refractivity (Wildman–Crippen MR) is 82.3 cm³/mol. The third-order valence-electron chi connectivity index (χ3n) is 4.99. The second kappa shape index (κ2) is 5.13. The summed E-state index contributed by atoms with van der Waals surface area (Å²) in [5.74, 6) is 0. The first-order chi connectivity index (χ1) is 9.76. The normalized spacial score (nSPS) is 27.3. The van der Waals surface area contributed by atoms with Crippen molar-refractivity contribution in [2.75, 3.05) is 46.3 Å². The van der Waals surface area contributed by atoms with Gasteiger partial charge in [-0.2, -0.15) is 0 Å². The standard InChI is InChI=1S/C16H29N3O2/c1-15(2,3)21-14(20)19-11-16(12-19)9-18(10-16)13-5-7-17(4)8-6-13/h13H,5-12H2,1-4H3. The molecule has 5 nitrogen and oxygen atoms in total. The highest BCUT2D eigenvalue weighted by Crippen LogP contribution is 2.42. The molecule has 21 heavy (non-hydrogen) atoms. The zero-order valence-corrected chi connectivity index (χ0v) is 13.9. The van der Waals surface area contributed by atoms with E-state index in [4.69, 9.17) is 4.74 Å². The summed E-state index contributed by atoms with van der Waals surface area (Å²) in [5, 5.41) is 0. The number of nitrogens with zero attached hydrogens (tertiary/aromatic N) is 3. The smallest absolute Gasteiger partial charge is 0.410 e. The Hall–Kier alpha value is -0.810. The van der Waals surface area contributed by atoms with Gasteiger partial charge >= 0.3 is 6.09 Å². The summed E-state index contributed by atoms with van der Waals surface area (Å²) in [5.41, 5.74) is -0.0140. The molecule has 0 radical (unpaired) electrons. The molecule has 3 saturated heterocycles.